The molecule has 9 heteroatoms. The minimum Gasteiger partial charge on any atom is -0.305 e. The molecule has 0 saturated carbocycles. The zero-order valence-corrected chi connectivity index (χ0v) is 60.3. The van der Waals surface area contributed by atoms with Crippen molar-refractivity contribution in [1.29, 1.82) is 0 Å². The summed E-state index contributed by atoms with van der Waals surface area (Å²) in [6, 6.07) is 121. The van der Waals surface area contributed by atoms with Gasteiger partial charge in [-0.05, 0) is 124 Å². The van der Waals surface area contributed by atoms with Crippen molar-refractivity contribution >= 4 is 0 Å². The molecule has 15 rings (SSSR count). The first-order valence-corrected chi connectivity index (χ1v) is 30.6. The van der Waals surface area contributed by atoms with E-state index in [9.17, 15) is 0 Å². The molecule has 0 saturated heterocycles. The number of aryl methyl sites for hydroxylation is 3. The van der Waals surface area contributed by atoms with Crippen molar-refractivity contribution in [3.05, 3.63) is 400 Å². The molecule has 9 aromatic carbocycles. The van der Waals surface area contributed by atoms with Gasteiger partial charge in [-0.15, -0.1) is 215 Å². The van der Waals surface area contributed by atoms with E-state index in [-0.39, 0.29) is 60.3 Å². The fourth-order valence-electron chi connectivity index (χ4n) is 9.76. The first-order valence-electron chi connectivity index (χ1n) is 30.6. The molecule has 0 spiro atoms. The Hall–Kier alpha value is -10.2. The molecule has 0 aliphatic carbocycles. The Balaban J connectivity index is 0.000000164. The molecule has 3 radical (unpaired) electrons. The molecule has 0 amide bonds. The van der Waals surface area contributed by atoms with Gasteiger partial charge >= 0.3 is 0 Å². The van der Waals surface area contributed by atoms with E-state index >= 15 is 0 Å². The molecule has 15 aromatic rings. The first-order chi connectivity index (χ1) is 45.9. The molecule has 6 heterocycles. The Kier molecular flexibility index (Phi) is 30.6. The van der Waals surface area contributed by atoms with E-state index in [4.69, 9.17) is 0 Å². The van der Waals surface area contributed by atoms with Crippen LogP contribution in [0.3, 0.4) is 0 Å². The zero-order chi connectivity index (χ0) is 63.9. The van der Waals surface area contributed by atoms with Crippen molar-refractivity contribution in [1.82, 2.24) is 29.9 Å². The van der Waals surface area contributed by atoms with E-state index in [2.05, 4.69) is 172 Å². The summed E-state index contributed by atoms with van der Waals surface area (Å²) in [6.07, 6.45) is 11.1. The zero-order valence-electron chi connectivity index (χ0n) is 53.1. The molecule has 0 bridgehead atoms. The minimum atomic E-state index is 0. The van der Waals surface area contributed by atoms with E-state index < -0.39 is 0 Å². The summed E-state index contributed by atoms with van der Waals surface area (Å²) >= 11 is 0. The average molecular weight is 1770 g/mol. The van der Waals surface area contributed by atoms with Crippen molar-refractivity contribution < 1.29 is 60.3 Å². The Morgan fingerprint density at radius 1 is 0.208 bits per heavy atom. The van der Waals surface area contributed by atoms with Gasteiger partial charge in [-0.2, -0.15) is 0 Å². The molecule has 477 valence electrons. The van der Waals surface area contributed by atoms with E-state index in [1.807, 2.05) is 243 Å². The summed E-state index contributed by atoms with van der Waals surface area (Å²) in [5.41, 5.74) is 23.0. The predicted octanol–water partition coefficient (Wildman–Crippen LogP) is 21.2. The van der Waals surface area contributed by atoms with Crippen LogP contribution in [0.15, 0.2) is 347 Å². The van der Waals surface area contributed by atoms with Crippen molar-refractivity contribution in [3.63, 3.8) is 0 Å². The van der Waals surface area contributed by atoms with Crippen LogP contribution in [0.2, 0.25) is 0 Å². The molecule has 6 aromatic heterocycles. The maximum Gasteiger partial charge on any atom is 0.0242 e. The molecule has 0 N–H and O–H groups in total. The Labute approximate surface area is 606 Å². The van der Waals surface area contributed by atoms with Gasteiger partial charge in [0.25, 0.3) is 0 Å². The molecule has 0 aliphatic heterocycles. The van der Waals surface area contributed by atoms with Crippen LogP contribution in [0.25, 0.3) is 101 Å². The van der Waals surface area contributed by atoms with Gasteiger partial charge in [-0.1, -0.05) is 140 Å². The van der Waals surface area contributed by atoms with Gasteiger partial charge in [0, 0.05) is 103 Å². The Morgan fingerprint density at radius 3 is 0.896 bits per heavy atom. The van der Waals surface area contributed by atoms with Crippen molar-refractivity contribution in [2.24, 2.45) is 0 Å². The predicted molar refractivity (Wildman–Crippen MR) is 382 cm³/mol. The van der Waals surface area contributed by atoms with Crippen LogP contribution in [-0.2, 0) is 60.3 Å². The van der Waals surface area contributed by atoms with Crippen molar-refractivity contribution in [2.75, 3.05) is 0 Å². The van der Waals surface area contributed by atoms with Gasteiger partial charge in [0.05, 0.1) is 0 Å². The molecule has 0 atom stereocenters. The summed E-state index contributed by atoms with van der Waals surface area (Å²) in [4.78, 5) is 26.2. The minimum absolute atomic E-state index is 0. The number of aromatic nitrogens is 6. The van der Waals surface area contributed by atoms with Crippen LogP contribution in [0.5, 0.6) is 0 Å². The summed E-state index contributed by atoms with van der Waals surface area (Å²) in [5.74, 6) is 0. The Morgan fingerprint density at radius 2 is 0.542 bits per heavy atom. The maximum atomic E-state index is 4.55. The SMILES string of the molecule is Cc1cc(-c2[c-]cccc2)ncc1-c1ccccc1.Cc1ccccc1-c1ccc(-c2[c-]cccc2)nc1.Cc1ccccc1-c1ccnc(-c2[c-]cccc2)c1.[Ir].[Ir].[Ir].[c-]1ccccc1-c1ccccn1.[c-]1ccccc1-c1ccccn1.[c-]1ccccc1-c1ccccn1. The van der Waals surface area contributed by atoms with Crippen LogP contribution >= 0.6 is 0 Å². The smallest absolute Gasteiger partial charge is 0.0242 e. The largest absolute Gasteiger partial charge is 0.305 e. The first kappa shape index (κ1) is 73.2. The normalized spacial score (nSPS) is 9.78. The van der Waals surface area contributed by atoms with Crippen LogP contribution < -0.4 is 0 Å². The van der Waals surface area contributed by atoms with E-state index in [1.165, 1.54) is 44.5 Å². The van der Waals surface area contributed by atoms with Crippen molar-refractivity contribution in [2.45, 2.75) is 20.8 Å². The van der Waals surface area contributed by atoms with Crippen LogP contribution in [-0.4, -0.2) is 29.9 Å². The second kappa shape index (κ2) is 40.2. The number of rotatable bonds is 9. The van der Waals surface area contributed by atoms with E-state index in [0.29, 0.717) is 0 Å². The quantitative estimate of drug-likeness (QED) is 0.134. The summed E-state index contributed by atoms with van der Waals surface area (Å²) in [6.45, 7) is 6.37. The van der Waals surface area contributed by atoms with Gasteiger partial charge in [0.15, 0.2) is 0 Å². The monoisotopic (exact) mass is 1770 g/mol. The van der Waals surface area contributed by atoms with Gasteiger partial charge < -0.3 is 29.9 Å². The van der Waals surface area contributed by atoms with Crippen LogP contribution in [0, 0.1) is 57.2 Å². The molecule has 96 heavy (non-hydrogen) atoms. The van der Waals surface area contributed by atoms with Crippen molar-refractivity contribution in [3.8, 4) is 101 Å². The Bertz CT molecular complexity index is 4300. The van der Waals surface area contributed by atoms with Gasteiger partial charge in [-0.3, -0.25) is 0 Å². The second-order valence-electron chi connectivity index (χ2n) is 21.0. The van der Waals surface area contributed by atoms with Gasteiger partial charge in [0.2, 0.25) is 0 Å². The fourth-order valence-corrected chi connectivity index (χ4v) is 9.76. The molecular weight excluding hydrogens is 1710 g/mol. The molecule has 6 nitrogen and oxygen atoms in total. The summed E-state index contributed by atoms with van der Waals surface area (Å²) < 4.78 is 0. The average Bonchev–Trinajstić information content (AvgIpc) is 0.990. The summed E-state index contributed by atoms with van der Waals surface area (Å²) in [5, 5.41) is 0. The van der Waals surface area contributed by atoms with Crippen LogP contribution in [0.1, 0.15) is 16.7 Å². The van der Waals surface area contributed by atoms with E-state index in [0.717, 1.165) is 73.1 Å². The molecular formula is C87H66Ir3N6-6. The maximum absolute atomic E-state index is 4.55. The number of nitrogens with zero attached hydrogens (tertiary/aromatic N) is 6. The standard InChI is InChI=1S/3C18H14N.3C11H8N.3Ir/c1-14-12-18(16-10-6-3-7-11-16)19-13-17(14)15-8-4-2-5-9-15;1-14-7-5-6-10-17(14)16-11-12-19-18(13-16)15-8-3-2-4-9-15;1-14-7-5-6-10-17(14)16-11-12-18(19-13-16)15-8-3-2-4-9-15;3*1-2-6-10(7-3-1)11-8-4-5-9-12-11;;;/h2-10,12-13H,1H3;2*2-8,10-13H,1H3;3*1-6,8-9H;;;/q6*-1;;;. The number of hydrogen-bond donors (Lipinski definition) is 0. The second-order valence-corrected chi connectivity index (χ2v) is 21.0. The molecule has 0 aliphatic rings. The molecule has 0 unspecified atom stereocenters. The number of pyridine rings is 6. The van der Waals surface area contributed by atoms with Crippen LogP contribution in [0.4, 0.5) is 0 Å². The summed E-state index contributed by atoms with van der Waals surface area (Å²) in [7, 11) is 0. The van der Waals surface area contributed by atoms with Gasteiger partial charge in [-0.25, -0.2) is 0 Å². The molecule has 0 fully saturated rings. The third-order valence-electron chi connectivity index (χ3n) is 14.5. The van der Waals surface area contributed by atoms with E-state index in [1.54, 1.807) is 18.6 Å². The number of benzene rings is 9. The fraction of sp³-hybridized carbons (Fsp3) is 0.0345. The third kappa shape index (κ3) is 22.2. The number of hydrogen-bond acceptors (Lipinski definition) is 6. The van der Waals surface area contributed by atoms with Gasteiger partial charge in [0.1, 0.15) is 0 Å². The third-order valence-corrected chi connectivity index (χ3v) is 14.5. The topological polar surface area (TPSA) is 77.3 Å².